The van der Waals surface area contributed by atoms with Crippen molar-refractivity contribution < 1.29 is 9.90 Å². The minimum atomic E-state index is -0.116. The number of allylic oxidation sites excluding steroid dienone is 2. The Morgan fingerprint density at radius 1 is 1.78 bits per heavy atom. The van der Waals surface area contributed by atoms with Gasteiger partial charge in [-0.2, -0.15) is 0 Å². The molecule has 0 radical (unpaired) electrons. The van der Waals surface area contributed by atoms with Gasteiger partial charge in [0.1, 0.15) is 0 Å². The average Bonchev–Trinajstić information content (AvgIpc) is 1.89. The van der Waals surface area contributed by atoms with Crippen LogP contribution in [0, 0.1) is 5.92 Å². The lowest BCUT2D eigenvalue weighted by Gasteiger charge is -2.11. The quantitative estimate of drug-likeness (QED) is 0.556. The lowest BCUT2D eigenvalue weighted by molar-refractivity contribution is -0.119. The molecule has 1 unspecified atom stereocenters. The summed E-state index contributed by atoms with van der Waals surface area (Å²) in [6.07, 6.45) is 5.15. The molecule has 0 aromatic carbocycles. The maximum absolute atomic E-state index is 10.8. The molecule has 0 bridgehead atoms. The van der Waals surface area contributed by atoms with Crippen molar-refractivity contribution in [2.45, 2.75) is 12.8 Å². The molecule has 0 aromatic heterocycles. The second-order valence-corrected chi connectivity index (χ2v) is 2.26. The number of carbonyl (C=O) groups excluding carboxylic acids is 1. The van der Waals surface area contributed by atoms with Crippen LogP contribution in [0.4, 0.5) is 0 Å². The van der Waals surface area contributed by atoms with Crippen molar-refractivity contribution in [3.05, 3.63) is 12.2 Å². The first-order valence-corrected chi connectivity index (χ1v) is 3.16. The number of hydrogen-bond acceptors (Lipinski definition) is 2. The lowest BCUT2D eigenvalue weighted by Crippen LogP contribution is -2.18. The second-order valence-electron chi connectivity index (χ2n) is 2.26. The Hall–Kier alpha value is -0.630. The van der Waals surface area contributed by atoms with Crippen molar-refractivity contribution in [2.75, 3.05) is 6.61 Å². The van der Waals surface area contributed by atoms with E-state index >= 15 is 0 Å². The van der Waals surface area contributed by atoms with Gasteiger partial charge in [-0.3, -0.25) is 4.79 Å². The largest absolute Gasteiger partial charge is 0.396 e. The second kappa shape index (κ2) is 2.78. The van der Waals surface area contributed by atoms with Crippen molar-refractivity contribution in [3.8, 4) is 0 Å². The summed E-state index contributed by atoms with van der Waals surface area (Å²) in [5.41, 5.74) is 0. The van der Waals surface area contributed by atoms with Crippen molar-refractivity contribution in [3.63, 3.8) is 0 Å². The van der Waals surface area contributed by atoms with E-state index in [9.17, 15) is 4.79 Å². The van der Waals surface area contributed by atoms with Crippen molar-refractivity contribution in [1.82, 2.24) is 0 Å². The van der Waals surface area contributed by atoms with Crippen LogP contribution >= 0.6 is 0 Å². The molecular formula is C7H10O2. The molecule has 0 saturated heterocycles. The van der Waals surface area contributed by atoms with Crippen LogP contribution in [0.25, 0.3) is 0 Å². The molecule has 1 rings (SSSR count). The van der Waals surface area contributed by atoms with Crippen LogP contribution in [0.1, 0.15) is 12.8 Å². The zero-order valence-corrected chi connectivity index (χ0v) is 5.21. The molecule has 2 heteroatoms. The highest BCUT2D eigenvalue weighted by Crippen LogP contribution is 2.13. The van der Waals surface area contributed by atoms with E-state index in [4.69, 9.17) is 5.11 Å². The Kier molecular flexibility index (Phi) is 2.01. The monoisotopic (exact) mass is 126 g/mol. The molecule has 50 valence electrons. The van der Waals surface area contributed by atoms with Gasteiger partial charge in [0, 0.05) is 5.92 Å². The van der Waals surface area contributed by atoms with Gasteiger partial charge in [-0.05, 0) is 18.9 Å². The van der Waals surface area contributed by atoms with E-state index in [1.165, 1.54) is 0 Å². The Balaban J connectivity index is 2.55. The Morgan fingerprint density at radius 3 is 3.00 bits per heavy atom. The van der Waals surface area contributed by atoms with E-state index < -0.39 is 0 Å². The standard InChI is InChI=1S/C7H10O2/c8-5-6-3-1-2-4-7(6)9/h2,4,6,8H,1,3,5H2. The minimum Gasteiger partial charge on any atom is -0.396 e. The maximum Gasteiger partial charge on any atom is 0.160 e. The van der Waals surface area contributed by atoms with Gasteiger partial charge in [-0.25, -0.2) is 0 Å². The zero-order valence-electron chi connectivity index (χ0n) is 5.21. The van der Waals surface area contributed by atoms with Gasteiger partial charge in [0.15, 0.2) is 5.78 Å². The van der Waals surface area contributed by atoms with E-state index in [1.54, 1.807) is 6.08 Å². The fourth-order valence-electron chi connectivity index (χ4n) is 0.956. The van der Waals surface area contributed by atoms with E-state index in [2.05, 4.69) is 0 Å². The Morgan fingerprint density at radius 2 is 2.56 bits per heavy atom. The van der Waals surface area contributed by atoms with Gasteiger partial charge >= 0.3 is 0 Å². The molecule has 0 saturated carbocycles. The number of aliphatic hydroxyl groups is 1. The van der Waals surface area contributed by atoms with Gasteiger partial charge in [0.2, 0.25) is 0 Å². The van der Waals surface area contributed by atoms with Crippen LogP contribution in [-0.4, -0.2) is 17.5 Å². The molecule has 0 aliphatic heterocycles. The maximum atomic E-state index is 10.8. The summed E-state index contributed by atoms with van der Waals surface area (Å²) >= 11 is 0. The van der Waals surface area contributed by atoms with Gasteiger partial charge in [-0.15, -0.1) is 0 Å². The molecule has 1 atom stereocenters. The first-order chi connectivity index (χ1) is 4.34. The van der Waals surface area contributed by atoms with E-state index in [0.717, 1.165) is 12.8 Å². The molecule has 0 amide bonds. The fourth-order valence-corrected chi connectivity index (χ4v) is 0.956. The number of ketones is 1. The highest BCUT2D eigenvalue weighted by molar-refractivity contribution is 5.92. The molecule has 1 aliphatic carbocycles. The van der Waals surface area contributed by atoms with Gasteiger partial charge in [-0.1, -0.05) is 6.08 Å². The molecule has 1 aliphatic rings. The summed E-state index contributed by atoms with van der Waals surface area (Å²) in [7, 11) is 0. The minimum absolute atomic E-state index is 0.00315. The number of aliphatic hydroxyl groups excluding tert-OH is 1. The van der Waals surface area contributed by atoms with Crippen LogP contribution in [0.3, 0.4) is 0 Å². The molecule has 0 fully saturated rings. The number of rotatable bonds is 1. The molecular weight excluding hydrogens is 116 g/mol. The molecule has 0 heterocycles. The summed E-state index contributed by atoms with van der Waals surface area (Å²) < 4.78 is 0. The van der Waals surface area contributed by atoms with E-state index in [1.807, 2.05) is 6.08 Å². The topological polar surface area (TPSA) is 37.3 Å². The lowest BCUT2D eigenvalue weighted by atomic mass is 9.94. The van der Waals surface area contributed by atoms with E-state index in [-0.39, 0.29) is 18.3 Å². The predicted molar refractivity (Wildman–Crippen MR) is 34.0 cm³/mol. The predicted octanol–water partition coefficient (Wildman–Crippen LogP) is 0.514. The van der Waals surface area contributed by atoms with E-state index in [0.29, 0.717) is 0 Å². The molecule has 0 spiro atoms. The summed E-state index contributed by atoms with van der Waals surface area (Å²) in [5.74, 6) is -0.0428. The van der Waals surface area contributed by atoms with Crippen molar-refractivity contribution >= 4 is 5.78 Å². The molecule has 2 nitrogen and oxygen atoms in total. The first-order valence-electron chi connectivity index (χ1n) is 3.16. The SMILES string of the molecule is O=C1C=CCCC1CO. The Labute approximate surface area is 54.2 Å². The van der Waals surface area contributed by atoms with Crippen LogP contribution in [-0.2, 0) is 4.79 Å². The van der Waals surface area contributed by atoms with Crippen molar-refractivity contribution in [1.29, 1.82) is 0 Å². The molecule has 9 heavy (non-hydrogen) atoms. The third-order valence-corrected chi connectivity index (χ3v) is 1.59. The average molecular weight is 126 g/mol. The van der Waals surface area contributed by atoms with Crippen LogP contribution in [0.15, 0.2) is 12.2 Å². The molecule has 1 N–H and O–H groups in total. The normalized spacial score (nSPS) is 26.8. The van der Waals surface area contributed by atoms with Gasteiger partial charge < -0.3 is 5.11 Å². The first kappa shape index (κ1) is 6.49. The highest BCUT2D eigenvalue weighted by atomic mass is 16.3. The van der Waals surface area contributed by atoms with Crippen LogP contribution in [0.2, 0.25) is 0 Å². The molecule has 0 aromatic rings. The van der Waals surface area contributed by atoms with Gasteiger partial charge in [0.25, 0.3) is 0 Å². The highest BCUT2D eigenvalue weighted by Gasteiger charge is 2.16. The number of carbonyl (C=O) groups is 1. The Bertz CT molecular complexity index is 138. The summed E-state index contributed by atoms with van der Waals surface area (Å²) in [6.45, 7) is 0.00315. The zero-order chi connectivity index (χ0) is 6.69. The van der Waals surface area contributed by atoms with Crippen LogP contribution in [0.5, 0.6) is 0 Å². The van der Waals surface area contributed by atoms with Crippen molar-refractivity contribution in [2.24, 2.45) is 5.92 Å². The summed E-state index contributed by atoms with van der Waals surface area (Å²) in [4.78, 5) is 10.8. The fraction of sp³-hybridized carbons (Fsp3) is 0.571. The third-order valence-electron chi connectivity index (χ3n) is 1.59. The van der Waals surface area contributed by atoms with Gasteiger partial charge in [0.05, 0.1) is 6.61 Å². The third kappa shape index (κ3) is 1.39. The number of hydrogen-bond donors (Lipinski definition) is 1. The summed E-state index contributed by atoms with van der Waals surface area (Å²) in [5, 5.41) is 8.61. The summed E-state index contributed by atoms with van der Waals surface area (Å²) in [6, 6.07) is 0. The smallest absolute Gasteiger partial charge is 0.160 e. The van der Waals surface area contributed by atoms with Crippen LogP contribution < -0.4 is 0 Å².